The largest absolute Gasteiger partial charge is 0.350 e. The van der Waals surface area contributed by atoms with Crippen molar-refractivity contribution in [3.8, 4) is 0 Å². The average molecular weight is 374 g/mol. The molecule has 158 valence electrons. The van der Waals surface area contributed by atoms with Crippen molar-refractivity contribution < 1.29 is 9.47 Å². The van der Waals surface area contributed by atoms with Crippen LogP contribution < -0.4 is 17.2 Å². The molecule has 5 nitrogen and oxygen atoms in total. The summed E-state index contributed by atoms with van der Waals surface area (Å²) in [7, 11) is 0. The number of nitrogens with two attached hydrogens (primary N) is 3. The molecule has 0 aliphatic carbocycles. The Morgan fingerprint density at radius 2 is 0.846 bits per heavy atom. The maximum atomic E-state index is 6.17. The maximum Gasteiger partial charge on any atom is 0.165 e. The third kappa shape index (κ3) is 17.2. The molecule has 0 fully saturated rings. The monoisotopic (exact) mass is 373 g/mol. The summed E-state index contributed by atoms with van der Waals surface area (Å²) in [6.45, 7) is 6.06. The predicted octanol–water partition coefficient (Wildman–Crippen LogP) is 4.07. The van der Waals surface area contributed by atoms with Gasteiger partial charge in [0, 0.05) is 6.42 Å². The molecule has 0 rings (SSSR count). The van der Waals surface area contributed by atoms with Crippen molar-refractivity contribution in [1.82, 2.24) is 0 Å². The second-order valence-electron chi connectivity index (χ2n) is 7.54. The van der Waals surface area contributed by atoms with E-state index in [9.17, 15) is 0 Å². The Labute approximate surface area is 162 Å². The van der Waals surface area contributed by atoms with Crippen LogP contribution in [0.3, 0.4) is 0 Å². The van der Waals surface area contributed by atoms with Gasteiger partial charge in [0.25, 0.3) is 0 Å². The summed E-state index contributed by atoms with van der Waals surface area (Å²) in [6, 6.07) is 0. The van der Waals surface area contributed by atoms with Crippen molar-refractivity contribution in [1.29, 1.82) is 0 Å². The zero-order chi connectivity index (χ0) is 19.3. The van der Waals surface area contributed by atoms with Gasteiger partial charge < -0.3 is 26.7 Å². The summed E-state index contributed by atoms with van der Waals surface area (Å²) >= 11 is 0. The predicted molar refractivity (Wildman–Crippen MR) is 112 cm³/mol. The molecule has 6 N–H and O–H groups in total. The van der Waals surface area contributed by atoms with Crippen molar-refractivity contribution in [2.75, 3.05) is 32.8 Å². The highest BCUT2D eigenvalue weighted by Crippen LogP contribution is 2.23. The molecule has 26 heavy (non-hydrogen) atoms. The number of hydrogen-bond acceptors (Lipinski definition) is 5. The molecule has 0 saturated heterocycles. The number of unbranched alkanes of at least 4 members (excludes halogenated alkanes) is 10. The zero-order valence-corrected chi connectivity index (χ0v) is 17.5. The number of hydrogen-bond donors (Lipinski definition) is 3. The van der Waals surface area contributed by atoms with Crippen molar-refractivity contribution >= 4 is 0 Å². The fraction of sp³-hybridized carbons (Fsp3) is 1.00. The van der Waals surface area contributed by atoms with Crippen molar-refractivity contribution in [2.24, 2.45) is 17.2 Å². The second kappa shape index (κ2) is 19.6. The van der Waals surface area contributed by atoms with Crippen LogP contribution >= 0.6 is 0 Å². The van der Waals surface area contributed by atoms with E-state index in [1.807, 2.05) is 0 Å². The van der Waals surface area contributed by atoms with Gasteiger partial charge in [-0.15, -0.1) is 0 Å². The molecule has 0 aromatic carbocycles. The van der Waals surface area contributed by atoms with Gasteiger partial charge in [0.05, 0.1) is 13.2 Å². The molecule has 0 saturated carbocycles. The lowest BCUT2D eigenvalue weighted by molar-refractivity contribution is -0.231. The van der Waals surface area contributed by atoms with E-state index in [1.165, 1.54) is 44.9 Å². The Hall–Kier alpha value is -0.200. The lowest BCUT2D eigenvalue weighted by atomic mass is 10.1. The van der Waals surface area contributed by atoms with E-state index in [0.717, 1.165) is 77.8 Å². The first-order valence-corrected chi connectivity index (χ1v) is 11.1. The van der Waals surface area contributed by atoms with Crippen LogP contribution in [0.25, 0.3) is 0 Å². The minimum atomic E-state index is -0.435. The molecule has 0 unspecified atom stereocenters. The van der Waals surface area contributed by atoms with Crippen molar-refractivity contribution in [2.45, 2.75) is 103 Å². The summed E-state index contributed by atoms with van der Waals surface area (Å²) in [4.78, 5) is 0. The zero-order valence-electron chi connectivity index (χ0n) is 17.5. The maximum absolute atomic E-state index is 6.17. The SMILES string of the molecule is CC(CCCCCCCN)(OCCCCCCN)OCCCCCCN. The average Bonchev–Trinajstić information content (AvgIpc) is 2.64. The van der Waals surface area contributed by atoms with Gasteiger partial charge in [0.15, 0.2) is 5.79 Å². The second-order valence-corrected chi connectivity index (χ2v) is 7.54. The molecule has 0 aromatic rings. The summed E-state index contributed by atoms with van der Waals surface area (Å²) in [5.41, 5.74) is 16.6. The molecule has 5 heteroatoms. The van der Waals surface area contributed by atoms with E-state index in [2.05, 4.69) is 6.92 Å². The van der Waals surface area contributed by atoms with Gasteiger partial charge in [-0.3, -0.25) is 0 Å². The molecule has 0 atom stereocenters. The summed E-state index contributed by atoms with van der Waals surface area (Å²) in [6.07, 6.45) is 16.1. The molecule has 0 aliphatic rings. The quantitative estimate of drug-likeness (QED) is 0.208. The van der Waals surface area contributed by atoms with Gasteiger partial charge in [-0.05, 0) is 65.1 Å². The van der Waals surface area contributed by atoms with Gasteiger partial charge in [0.1, 0.15) is 0 Å². The topological polar surface area (TPSA) is 96.5 Å². The fourth-order valence-electron chi connectivity index (χ4n) is 3.08. The third-order valence-corrected chi connectivity index (χ3v) is 4.85. The van der Waals surface area contributed by atoms with Gasteiger partial charge in [-0.2, -0.15) is 0 Å². The standard InChI is InChI=1S/C21H47N3O2/c1-21(15-9-3-2-4-10-16-22,25-19-13-7-5-11-17-23)26-20-14-8-6-12-18-24/h2-20,22-24H2,1H3. The first-order chi connectivity index (χ1) is 12.7. The molecular formula is C21H47N3O2. The first kappa shape index (κ1) is 25.8. The Kier molecular flexibility index (Phi) is 19.4. The van der Waals surface area contributed by atoms with E-state index < -0.39 is 5.79 Å². The van der Waals surface area contributed by atoms with Crippen LogP contribution in [0.2, 0.25) is 0 Å². The van der Waals surface area contributed by atoms with Crippen LogP contribution in [0.5, 0.6) is 0 Å². The first-order valence-electron chi connectivity index (χ1n) is 11.1. The van der Waals surface area contributed by atoms with Crippen LogP contribution in [0.4, 0.5) is 0 Å². The Morgan fingerprint density at radius 1 is 0.500 bits per heavy atom. The number of ether oxygens (including phenoxy) is 2. The van der Waals surface area contributed by atoms with Crippen LogP contribution in [0.15, 0.2) is 0 Å². The van der Waals surface area contributed by atoms with Crippen LogP contribution in [-0.4, -0.2) is 38.6 Å². The highest BCUT2D eigenvalue weighted by atomic mass is 16.7. The Bertz CT molecular complexity index is 237. The van der Waals surface area contributed by atoms with Gasteiger partial charge in [0.2, 0.25) is 0 Å². The van der Waals surface area contributed by atoms with E-state index >= 15 is 0 Å². The van der Waals surface area contributed by atoms with Crippen molar-refractivity contribution in [3.05, 3.63) is 0 Å². The molecule has 0 heterocycles. The normalized spacial score (nSPS) is 12.0. The number of rotatable bonds is 21. The van der Waals surface area contributed by atoms with Crippen LogP contribution in [-0.2, 0) is 9.47 Å². The molecule has 0 amide bonds. The Balaban J connectivity index is 4.02. The lowest BCUT2D eigenvalue weighted by Gasteiger charge is -2.30. The van der Waals surface area contributed by atoms with Crippen molar-refractivity contribution in [3.63, 3.8) is 0 Å². The summed E-state index contributed by atoms with van der Waals surface area (Å²) < 4.78 is 12.3. The minimum absolute atomic E-state index is 0.435. The molecular weight excluding hydrogens is 326 g/mol. The highest BCUT2D eigenvalue weighted by Gasteiger charge is 2.25. The molecule has 0 aromatic heterocycles. The van der Waals surface area contributed by atoms with E-state index in [1.54, 1.807) is 0 Å². The highest BCUT2D eigenvalue weighted by molar-refractivity contribution is 4.65. The Morgan fingerprint density at radius 3 is 1.27 bits per heavy atom. The van der Waals surface area contributed by atoms with Crippen LogP contribution in [0.1, 0.15) is 96.8 Å². The minimum Gasteiger partial charge on any atom is -0.350 e. The molecule has 0 radical (unpaired) electrons. The van der Waals surface area contributed by atoms with E-state index in [4.69, 9.17) is 26.7 Å². The van der Waals surface area contributed by atoms with Crippen LogP contribution in [0, 0.1) is 0 Å². The third-order valence-electron chi connectivity index (χ3n) is 4.85. The van der Waals surface area contributed by atoms with Gasteiger partial charge in [-0.25, -0.2) is 0 Å². The lowest BCUT2D eigenvalue weighted by Crippen LogP contribution is -2.33. The smallest absolute Gasteiger partial charge is 0.165 e. The fourth-order valence-corrected chi connectivity index (χ4v) is 3.08. The van der Waals surface area contributed by atoms with E-state index in [0.29, 0.717) is 0 Å². The summed E-state index contributed by atoms with van der Waals surface area (Å²) in [5, 5.41) is 0. The van der Waals surface area contributed by atoms with E-state index in [-0.39, 0.29) is 0 Å². The molecule has 0 spiro atoms. The molecule has 0 aliphatic heterocycles. The van der Waals surface area contributed by atoms with Gasteiger partial charge in [-0.1, -0.05) is 44.9 Å². The summed E-state index contributed by atoms with van der Waals surface area (Å²) in [5.74, 6) is -0.435. The van der Waals surface area contributed by atoms with Gasteiger partial charge >= 0.3 is 0 Å². The molecule has 0 bridgehead atoms.